The Hall–Kier alpha value is -2.84. The molecule has 0 aromatic heterocycles. The van der Waals surface area contributed by atoms with Gasteiger partial charge in [0.05, 0.1) is 17.0 Å². The molecule has 2 aromatic rings. The van der Waals surface area contributed by atoms with Crippen molar-refractivity contribution >= 4 is 40.8 Å². The van der Waals surface area contributed by atoms with Crippen molar-refractivity contribution in [3.63, 3.8) is 0 Å². The Morgan fingerprint density at radius 2 is 1.81 bits per heavy atom. The zero-order valence-corrected chi connectivity index (χ0v) is 15.3. The van der Waals surface area contributed by atoms with Crippen LogP contribution in [0.5, 0.6) is 5.75 Å². The Labute approximate surface area is 164 Å². The van der Waals surface area contributed by atoms with Gasteiger partial charge in [0.15, 0.2) is 6.61 Å². The van der Waals surface area contributed by atoms with Gasteiger partial charge >= 0.3 is 5.97 Å². The maximum Gasteiger partial charge on any atom is 0.338 e. The lowest BCUT2D eigenvalue weighted by Crippen LogP contribution is -2.32. The normalized spacial score (nSPS) is 10.1. The third kappa shape index (κ3) is 6.43. The number of hydrogen-bond acceptors (Lipinski definition) is 6. The molecule has 1 amide bonds. The molecule has 0 atom stereocenters. The monoisotopic (exact) mass is 412 g/mol. The predicted molar refractivity (Wildman–Crippen MR) is 98.3 cm³/mol. The molecule has 0 aliphatic rings. The van der Waals surface area contributed by atoms with Gasteiger partial charge in [-0.3, -0.25) is 14.9 Å². The van der Waals surface area contributed by atoms with Crippen LogP contribution in [0.1, 0.15) is 10.4 Å². The van der Waals surface area contributed by atoms with Crippen molar-refractivity contribution in [3.8, 4) is 5.75 Å². The van der Waals surface area contributed by atoms with Gasteiger partial charge < -0.3 is 14.8 Å². The van der Waals surface area contributed by atoms with Gasteiger partial charge in [0.2, 0.25) is 0 Å². The molecule has 8 nitrogen and oxygen atoms in total. The second kappa shape index (κ2) is 9.75. The number of benzene rings is 2. The number of nitrogens with zero attached hydrogens (tertiary/aromatic N) is 1. The van der Waals surface area contributed by atoms with Crippen molar-refractivity contribution in [2.75, 3.05) is 19.8 Å². The van der Waals surface area contributed by atoms with Gasteiger partial charge in [0, 0.05) is 11.1 Å². The second-order valence-electron chi connectivity index (χ2n) is 5.15. The number of carbonyl (C=O) groups excluding carboxylic acids is 2. The van der Waals surface area contributed by atoms with E-state index in [1.54, 1.807) is 24.3 Å². The van der Waals surface area contributed by atoms with E-state index >= 15 is 0 Å². The maximum atomic E-state index is 11.9. The maximum absolute atomic E-state index is 11.9. The van der Waals surface area contributed by atoms with Crippen molar-refractivity contribution in [3.05, 3.63) is 68.2 Å². The molecular formula is C17H14Cl2N2O6. The van der Waals surface area contributed by atoms with E-state index in [-0.39, 0.29) is 23.7 Å². The average molecular weight is 413 g/mol. The Morgan fingerprint density at radius 3 is 2.48 bits per heavy atom. The molecule has 0 aliphatic heterocycles. The number of nitro groups is 1. The fraction of sp³-hybridized carbons (Fsp3) is 0.176. The molecule has 10 heteroatoms. The number of carbonyl (C=O) groups is 2. The summed E-state index contributed by atoms with van der Waals surface area (Å²) in [6.07, 6.45) is 0. The van der Waals surface area contributed by atoms with Crippen LogP contribution in [0.25, 0.3) is 0 Å². The fourth-order valence-corrected chi connectivity index (χ4v) is 2.25. The SMILES string of the molecule is O=C(COC(=O)c1ccc(Cl)c([N+](=O)[O-])c1)NCCOc1ccc(Cl)cc1. The molecule has 0 spiro atoms. The van der Waals surface area contributed by atoms with Gasteiger partial charge in [-0.25, -0.2) is 4.79 Å². The van der Waals surface area contributed by atoms with Crippen LogP contribution in [0, 0.1) is 10.1 Å². The molecule has 2 aromatic carbocycles. The van der Waals surface area contributed by atoms with E-state index < -0.39 is 29.1 Å². The smallest absolute Gasteiger partial charge is 0.338 e. The van der Waals surface area contributed by atoms with Gasteiger partial charge in [-0.2, -0.15) is 0 Å². The van der Waals surface area contributed by atoms with E-state index in [1.807, 2.05) is 0 Å². The van der Waals surface area contributed by atoms with Crippen LogP contribution in [-0.2, 0) is 9.53 Å². The number of esters is 1. The summed E-state index contributed by atoms with van der Waals surface area (Å²) in [4.78, 5) is 33.6. The van der Waals surface area contributed by atoms with Crippen molar-refractivity contribution in [1.29, 1.82) is 0 Å². The molecule has 1 N–H and O–H groups in total. The molecule has 0 fully saturated rings. The average Bonchev–Trinajstić information content (AvgIpc) is 2.64. The summed E-state index contributed by atoms with van der Waals surface area (Å²) in [5, 5.41) is 13.8. The third-order valence-electron chi connectivity index (χ3n) is 3.22. The minimum Gasteiger partial charge on any atom is -0.492 e. The molecular weight excluding hydrogens is 399 g/mol. The molecule has 0 radical (unpaired) electrons. The Balaban J connectivity index is 1.73. The van der Waals surface area contributed by atoms with Crippen molar-refractivity contribution < 1.29 is 24.0 Å². The second-order valence-corrected chi connectivity index (χ2v) is 6.00. The van der Waals surface area contributed by atoms with Crippen LogP contribution >= 0.6 is 23.2 Å². The summed E-state index contributed by atoms with van der Waals surface area (Å²) < 4.78 is 10.2. The van der Waals surface area contributed by atoms with Gasteiger partial charge in [-0.05, 0) is 36.4 Å². The number of rotatable bonds is 8. The summed E-state index contributed by atoms with van der Waals surface area (Å²) in [5.41, 5.74) is -0.500. The Bertz CT molecular complexity index is 842. The minimum atomic E-state index is -0.873. The molecule has 142 valence electrons. The van der Waals surface area contributed by atoms with Crippen LogP contribution in [-0.4, -0.2) is 36.6 Å². The number of amides is 1. The molecule has 0 heterocycles. The third-order valence-corrected chi connectivity index (χ3v) is 3.79. The summed E-state index contributed by atoms with van der Waals surface area (Å²) in [6.45, 7) is -0.119. The first kappa shape index (κ1) is 20.5. The minimum absolute atomic E-state index is 0.0787. The molecule has 0 saturated heterocycles. The highest BCUT2D eigenvalue weighted by Gasteiger charge is 2.17. The molecule has 27 heavy (non-hydrogen) atoms. The van der Waals surface area contributed by atoms with Gasteiger partial charge in [0.25, 0.3) is 11.6 Å². The van der Waals surface area contributed by atoms with E-state index in [4.69, 9.17) is 32.7 Å². The van der Waals surface area contributed by atoms with Crippen LogP contribution in [0.4, 0.5) is 5.69 Å². The van der Waals surface area contributed by atoms with Crippen LogP contribution in [0.15, 0.2) is 42.5 Å². The highest BCUT2D eigenvalue weighted by atomic mass is 35.5. The zero-order valence-electron chi connectivity index (χ0n) is 13.8. The number of ether oxygens (including phenoxy) is 2. The topological polar surface area (TPSA) is 108 Å². The number of nitrogens with one attached hydrogen (secondary N) is 1. The number of halogens is 2. The van der Waals surface area contributed by atoms with E-state index in [0.717, 1.165) is 6.07 Å². The summed E-state index contributed by atoms with van der Waals surface area (Å²) in [7, 11) is 0. The summed E-state index contributed by atoms with van der Waals surface area (Å²) in [5.74, 6) is -0.807. The summed E-state index contributed by atoms with van der Waals surface area (Å²) in [6, 6.07) is 10.2. The summed E-state index contributed by atoms with van der Waals surface area (Å²) >= 11 is 11.4. The molecule has 0 saturated carbocycles. The highest BCUT2D eigenvalue weighted by molar-refractivity contribution is 6.32. The van der Waals surface area contributed by atoms with Crippen molar-refractivity contribution in [2.24, 2.45) is 0 Å². The van der Waals surface area contributed by atoms with E-state index in [1.165, 1.54) is 12.1 Å². The molecule has 0 unspecified atom stereocenters. The van der Waals surface area contributed by atoms with E-state index in [2.05, 4.69) is 5.32 Å². The predicted octanol–water partition coefficient (Wildman–Crippen LogP) is 3.25. The zero-order chi connectivity index (χ0) is 19.8. The van der Waals surface area contributed by atoms with Gasteiger partial charge in [0.1, 0.15) is 17.4 Å². The lowest BCUT2D eigenvalue weighted by atomic mass is 10.2. The molecule has 0 aliphatic carbocycles. The standard InChI is InChI=1S/C17H14Cl2N2O6/c18-12-2-4-13(5-3-12)26-8-7-20-16(22)10-27-17(23)11-1-6-14(19)15(9-11)21(24)25/h1-6,9H,7-8,10H2,(H,20,22). The molecule has 0 bridgehead atoms. The van der Waals surface area contributed by atoms with Crippen LogP contribution < -0.4 is 10.1 Å². The van der Waals surface area contributed by atoms with Crippen LogP contribution in [0.3, 0.4) is 0 Å². The number of nitro benzene ring substituents is 1. The Morgan fingerprint density at radius 1 is 1.11 bits per heavy atom. The van der Waals surface area contributed by atoms with E-state index in [0.29, 0.717) is 10.8 Å². The first-order valence-electron chi connectivity index (χ1n) is 7.63. The van der Waals surface area contributed by atoms with Crippen molar-refractivity contribution in [1.82, 2.24) is 5.32 Å². The fourth-order valence-electron chi connectivity index (χ4n) is 1.94. The molecule has 2 rings (SSSR count). The van der Waals surface area contributed by atoms with E-state index in [9.17, 15) is 19.7 Å². The van der Waals surface area contributed by atoms with Gasteiger partial charge in [-0.1, -0.05) is 23.2 Å². The first-order valence-corrected chi connectivity index (χ1v) is 8.38. The van der Waals surface area contributed by atoms with Crippen LogP contribution in [0.2, 0.25) is 10.0 Å². The lowest BCUT2D eigenvalue weighted by molar-refractivity contribution is -0.384. The van der Waals surface area contributed by atoms with Gasteiger partial charge in [-0.15, -0.1) is 0 Å². The number of hydrogen-bond donors (Lipinski definition) is 1. The highest BCUT2D eigenvalue weighted by Crippen LogP contribution is 2.25. The van der Waals surface area contributed by atoms with Crippen molar-refractivity contribution in [2.45, 2.75) is 0 Å². The lowest BCUT2D eigenvalue weighted by Gasteiger charge is -2.08. The quantitative estimate of drug-likeness (QED) is 0.308. The Kier molecular flexibility index (Phi) is 7.39. The first-order chi connectivity index (χ1) is 12.9. The largest absolute Gasteiger partial charge is 0.492 e.